The number of hydrogen-bond acceptors (Lipinski definition) is 9. The number of aromatic amines is 6. The van der Waals surface area contributed by atoms with Gasteiger partial charge in [0.1, 0.15) is 5.82 Å². The second-order valence-electron chi connectivity index (χ2n) is 9.08. The molecule has 0 aliphatic carbocycles. The number of rotatable bonds is 6. The topological polar surface area (TPSA) is 197 Å². The van der Waals surface area contributed by atoms with Crippen molar-refractivity contribution in [2.24, 2.45) is 0 Å². The normalized spacial score (nSPS) is 23.2. The molecule has 6 N–H and O–H groups in total. The summed E-state index contributed by atoms with van der Waals surface area (Å²) < 4.78 is 7.21. The molecule has 3 unspecified atom stereocenters. The molecule has 1 aliphatic heterocycles. The van der Waals surface area contributed by atoms with E-state index < -0.39 is 17.4 Å². The molecule has 192 valence electrons. The standard InChI is InChI=1S/C24H20N14O/c1-2-5-15-14(4-1)12-28-19(15)23(22-26-10-11-27-22)20(21-33-36-37-34-21)39-24(16-6-3-8-25-16,17-7-9-29-31-17)38(23)18-13-30-35-32-18/h1-13,20,25,28H,(H,26,27)(H,29,31)(H,30,32,35)(H,33,34,36,37). The van der Waals surface area contributed by atoms with Crippen molar-refractivity contribution in [1.29, 1.82) is 0 Å². The molecule has 15 heteroatoms. The molecule has 6 aromatic heterocycles. The molecule has 0 bridgehead atoms. The zero-order chi connectivity index (χ0) is 25.9. The predicted molar refractivity (Wildman–Crippen MR) is 135 cm³/mol. The number of nitrogens with one attached hydrogen (secondary N) is 6. The van der Waals surface area contributed by atoms with Gasteiger partial charge < -0.3 is 19.7 Å². The Morgan fingerprint density at radius 3 is 2.59 bits per heavy atom. The molecule has 0 spiro atoms. The summed E-state index contributed by atoms with van der Waals surface area (Å²) in [6, 6.07) is 13.8. The maximum absolute atomic E-state index is 7.21. The van der Waals surface area contributed by atoms with E-state index in [1.807, 2.05) is 59.8 Å². The minimum absolute atomic E-state index is 0.312. The average Bonchev–Trinajstić information content (AvgIpc) is 3.83. The van der Waals surface area contributed by atoms with Gasteiger partial charge >= 0.3 is 0 Å². The van der Waals surface area contributed by atoms with Crippen LogP contribution >= 0.6 is 0 Å². The van der Waals surface area contributed by atoms with Crippen molar-refractivity contribution < 1.29 is 4.74 Å². The molecule has 15 nitrogen and oxygen atoms in total. The van der Waals surface area contributed by atoms with Crippen molar-refractivity contribution in [1.82, 2.24) is 66.2 Å². The third-order valence-electron chi connectivity index (χ3n) is 7.23. The Morgan fingerprint density at radius 2 is 1.85 bits per heavy atom. The molecule has 1 aromatic carbocycles. The number of tetrazole rings is 1. The summed E-state index contributed by atoms with van der Waals surface area (Å²) >= 11 is 0. The summed E-state index contributed by atoms with van der Waals surface area (Å²) in [5.74, 6) is 1.34. The third kappa shape index (κ3) is 2.75. The fourth-order valence-electron chi connectivity index (χ4n) is 5.80. The van der Waals surface area contributed by atoms with Crippen molar-refractivity contribution >= 4 is 16.6 Å². The van der Waals surface area contributed by atoms with Crippen LogP contribution in [0, 0.1) is 0 Å². The number of ether oxygens (including phenoxy) is 1. The Bertz CT molecular complexity index is 1770. The van der Waals surface area contributed by atoms with E-state index in [1.165, 1.54) is 0 Å². The molecule has 1 fully saturated rings. The van der Waals surface area contributed by atoms with Crippen LogP contribution in [0.4, 0.5) is 5.82 Å². The molecule has 39 heavy (non-hydrogen) atoms. The first kappa shape index (κ1) is 21.5. The molecule has 8 rings (SSSR count). The second-order valence-corrected chi connectivity index (χ2v) is 9.08. The van der Waals surface area contributed by atoms with Crippen molar-refractivity contribution in [3.05, 3.63) is 108 Å². The molecule has 7 aromatic rings. The fraction of sp³-hybridized carbons (Fsp3) is 0.125. The largest absolute Gasteiger partial charge is 0.361 e. The van der Waals surface area contributed by atoms with E-state index in [2.05, 4.69) is 61.2 Å². The Labute approximate surface area is 218 Å². The quantitative estimate of drug-likeness (QED) is 0.190. The maximum Gasteiger partial charge on any atom is 0.229 e. The summed E-state index contributed by atoms with van der Waals surface area (Å²) in [5, 5.41) is 36.1. The average molecular weight is 521 g/mol. The number of H-pyrrole nitrogens is 6. The number of fused-ring (bicyclic) bond motifs is 1. The molecular weight excluding hydrogens is 500 g/mol. The summed E-state index contributed by atoms with van der Waals surface area (Å²) in [4.78, 5) is 17.1. The number of hydrogen-bond donors (Lipinski definition) is 6. The summed E-state index contributed by atoms with van der Waals surface area (Å²) in [6.45, 7) is 0. The highest BCUT2D eigenvalue weighted by Gasteiger charge is 2.70. The Kier molecular flexibility index (Phi) is 4.39. The summed E-state index contributed by atoms with van der Waals surface area (Å²) in [7, 11) is 0. The van der Waals surface area contributed by atoms with Crippen molar-refractivity contribution in [2.75, 3.05) is 4.90 Å². The number of nitrogens with zero attached hydrogens (tertiary/aromatic N) is 8. The summed E-state index contributed by atoms with van der Waals surface area (Å²) in [6.07, 6.45) is 9.67. The van der Waals surface area contributed by atoms with E-state index >= 15 is 0 Å². The van der Waals surface area contributed by atoms with E-state index in [-0.39, 0.29) is 0 Å². The van der Waals surface area contributed by atoms with Crippen LogP contribution in [0.25, 0.3) is 10.8 Å². The van der Waals surface area contributed by atoms with E-state index in [4.69, 9.17) is 9.72 Å². The van der Waals surface area contributed by atoms with Gasteiger partial charge in [0.15, 0.2) is 17.5 Å². The molecule has 3 atom stereocenters. The number of imidazole rings is 1. The lowest BCUT2D eigenvalue weighted by Gasteiger charge is -2.43. The van der Waals surface area contributed by atoms with Crippen LogP contribution in [-0.4, -0.2) is 66.2 Å². The Morgan fingerprint density at radius 1 is 0.872 bits per heavy atom. The fourth-order valence-corrected chi connectivity index (χ4v) is 5.80. The molecule has 0 saturated carbocycles. The van der Waals surface area contributed by atoms with Gasteiger partial charge in [-0.1, -0.05) is 29.5 Å². The monoisotopic (exact) mass is 520 g/mol. The van der Waals surface area contributed by atoms with E-state index in [0.717, 1.165) is 16.5 Å². The molecule has 0 amide bonds. The lowest BCUT2D eigenvalue weighted by molar-refractivity contribution is -0.0332. The number of benzene rings is 1. The molecule has 7 heterocycles. The van der Waals surface area contributed by atoms with Gasteiger partial charge in [-0.15, -0.1) is 15.3 Å². The van der Waals surface area contributed by atoms with Gasteiger partial charge in [0.25, 0.3) is 0 Å². The first-order valence-corrected chi connectivity index (χ1v) is 12.1. The second kappa shape index (κ2) is 7.96. The van der Waals surface area contributed by atoms with Crippen molar-refractivity contribution in [3.63, 3.8) is 0 Å². The molecule has 1 aliphatic rings. The maximum atomic E-state index is 7.21. The van der Waals surface area contributed by atoms with E-state index in [9.17, 15) is 0 Å². The lowest BCUT2D eigenvalue weighted by Crippen LogP contribution is -2.55. The van der Waals surface area contributed by atoms with Gasteiger partial charge in [0.2, 0.25) is 11.5 Å². The highest BCUT2D eigenvalue weighted by Crippen LogP contribution is 2.62. The van der Waals surface area contributed by atoms with Crippen LogP contribution in [0.5, 0.6) is 0 Å². The van der Waals surface area contributed by atoms with Gasteiger partial charge in [-0.25, -0.2) is 4.98 Å². The summed E-state index contributed by atoms with van der Waals surface area (Å²) in [5.41, 5.74) is -0.512. The number of aromatic nitrogens is 13. The van der Waals surface area contributed by atoms with Crippen LogP contribution in [0.2, 0.25) is 0 Å². The highest BCUT2D eigenvalue weighted by molar-refractivity contribution is 5.87. The zero-order valence-electron chi connectivity index (χ0n) is 20.1. The van der Waals surface area contributed by atoms with Crippen LogP contribution in [0.3, 0.4) is 0 Å². The minimum Gasteiger partial charge on any atom is -0.361 e. The number of anilines is 1. The minimum atomic E-state index is -1.36. The lowest BCUT2D eigenvalue weighted by atomic mass is 9.83. The van der Waals surface area contributed by atoms with Gasteiger partial charge in [0, 0.05) is 36.4 Å². The third-order valence-corrected chi connectivity index (χ3v) is 7.23. The Balaban J connectivity index is 1.57. The van der Waals surface area contributed by atoms with E-state index in [0.29, 0.717) is 28.9 Å². The molecule has 0 radical (unpaired) electrons. The van der Waals surface area contributed by atoms with Crippen LogP contribution < -0.4 is 4.90 Å². The van der Waals surface area contributed by atoms with Crippen LogP contribution in [0.1, 0.15) is 34.8 Å². The van der Waals surface area contributed by atoms with Crippen molar-refractivity contribution in [2.45, 2.75) is 17.4 Å². The Hall–Kier alpha value is -5.57. The first-order chi connectivity index (χ1) is 19.3. The van der Waals surface area contributed by atoms with Crippen LogP contribution in [0.15, 0.2) is 79.6 Å². The zero-order valence-corrected chi connectivity index (χ0v) is 20.1. The van der Waals surface area contributed by atoms with Gasteiger partial charge in [0.05, 0.1) is 23.3 Å². The van der Waals surface area contributed by atoms with Gasteiger partial charge in [-0.2, -0.15) is 20.6 Å². The first-order valence-electron chi connectivity index (χ1n) is 12.1. The highest BCUT2D eigenvalue weighted by atomic mass is 16.5. The SMILES string of the molecule is c1c[nH]c(C2(c3ccn[nH]3)OC(c3nn[nH]n3)C(c3ncc[nH]3)(c3[nH]cc4ccccc34)N2c2cn[nH]n2)c1. The molecular formula is C24H20N14O. The van der Waals surface area contributed by atoms with E-state index in [1.54, 1.807) is 24.8 Å². The van der Waals surface area contributed by atoms with Gasteiger partial charge in [-0.05, 0) is 23.6 Å². The molecule has 1 saturated heterocycles. The van der Waals surface area contributed by atoms with Crippen LogP contribution in [-0.2, 0) is 16.0 Å². The predicted octanol–water partition coefficient (Wildman–Crippen LogP) is 2.00. The van der Waals surface area contributed by atoms with Gasteiger partial charge in [-0.3, -0.25) is 10.00 Å². The smallest absolute Gasteiger partial charge is 0.229 e. The van der Waals surface area contributed by atoms with Crippen molar-refractivity contribution in [3.8, 4) is 0 Å².